The molecule has 1 saturated heterocycles. The lowest BCUT2D eigenvalue weighted by Gasteiger charge is -2.15. The molecule has 1 aliphatic rings. The maximum atomic E-state index is 5.21. The van der Waals surface area contributed by atoms with E-state index in [1.807, 2.05) is 42.7 Å². The molecule has 1 fully saturated rings. The Morgan fingerprint density at radius 3 is 2.88 bits per heavy atom. The van der Waals surface area contributed by atoms with Crippen LogP contribution in [0.3, 0.4) is 0 Å². The number of rotatable bonds is 5. The van der Waals surface area contributed by atoms with E-state index in [9.17, 15) is 0 Å². The Labute approximate surface area is 147 Å². The summed E-state index contributed by atoms with van der Waals surface area (Å²) in [7, 11) is 1.68. The van der Waals surface area contributed by atoms with Crippen LogP contribution in [-0.2, 0) is 6.54 Å². The molecule has 1 atom stereocenters. The van der Waals surface area contributed by atoms with E-state index in [2.05, 4.69) is 32.2 Å². The van der Waals surface area contributed by atoms with Crippen molar-refractivity contribution in [3.05, 3.63) is 66.1 Å². The number of benzene rings is 1. The van der Waals surface area contributed by atoms with E-state index in [0.717, 1.165) is 43.1 Å². The van der Waals surface area contributed by atoms with Gasteiger partial charge < -0.3 is 4.74 Å². The Balaban J connectivity index is 1.42. The Bertz CT molecular complexity index is 813. The maximum Gasteiger partial charge on any atom is 0.118 e. The first-order valence-electron chi connectivity index (χ1n) is 8.63. The normalized spacial score (nSPS) is 17.7. The highest BCUT2D eigenvalue weighted by Gasteiger charge is 2.25. The molecule has 5 nitrogen and oxygen atoms in total. The summed E-state index contributed by atoms with van der Waals surface area (Å²) in [6, 6.07) is 14.3. The lowest BCUT2D eigenvalue weighted by molar-refractivity contribution is 0.326. The predicted molar refractivity (Wildman–Crippen MR) is 97.4 cm³/mol. The Hall–Kier alpha value is -2.66. The molecule has 0 amide bonds. The molecule has 0 unspecified atom stereocenters. The molecule has 0 aliphatic carbocycles. The molecule has 128 valence electrons. The van der Waals surface area contributed by atoms with Gasteiger partial charge in [0.05, 0.1) is 12.8 Å². The molecule has 5 heteroatoms. The number of nitrogens with zero attached hydrogens (tertiary/aromatic N) is 3. The molecule has 0 bridgehead atoms. The summed E-state index contributed by atoms with van der Waals surface area (Å²) < 4.78 is 5.21. The Morgan fingerprint density at radius 1 is 1.24 bits per heavy atom. The zero-order valence-corrected chi connectivity index (χ0v) is 14.4. The molecule has 1 aromatic carbocycles. The summed E-state index contributed by atoms with van der Waals surface area (Å²) in [6.45, 7) is 3.12. The molecular weight excluding hydrogens is 312 g/mol. The first kappa shape index (κ1) is 15.8. The second kappa shape index (κ2) is 7.07. The largest absolute Gasteiger partial charge is 0.497 e. The van der Waals surface area contributed by atoms with Crippen LogP contribution in [0.1, 0.15) is 23.6 Å². The van der Waals surface area contributed by atoms with Gasteiger partial charge in [-0.05, 0) is 54.9 Å². The van der Waals surface area contributed by atoms with Crippen LogP contribution in [0.15, 0.2) is 54.9 Å². The second-order valence-corrected chi connectivity index (χ2v) is 6.52. The molecule has 3 aromatic rings. The van der Waals surface area contributed by atoms with Gasteiger partial charge in [0, 0.05) is 42.7 Å². The molecule has 1 N–H and O–H groups in total. The summed E-state index contributed by atoms with van der Waals surface area (Å²) in [5, 5.41) is 7.74. The molecule has 2 aromatic heterocycles. The summed E-state index contributed by atoms with van der Waals surface area (Å²) in [6.07, 6.45) is 4.93. The van der Waals surface area contributed by atoms with Gasteiger partial charge >= 0.3 is 0 Å². The standard InChI is InChI=1S/C20H22N4O/c1-25-18-6-4-16(5-7-18)19-11-20(23-22-19)17-8-10-24(14-17)13-15-3-2-9-21-12-15/h2-7,9,11-12,17H,8,10,13-14H2,1H3,(H,22,23)/t17-/m0/s1. The average Bonchev–Trinajstić information content (AvgIpc) is 3.32. The van der Waals surface area contributed by atoms with E-state index in [4.69, 9.17) is 4.74 Å². The number of hydrogen-bond acceptors (Lipinski definition) is 4. The van der Waals surface area contributed by atoms with Gasteiger partial charge in [0.1, 0.15) is 5.75 Å². The van der Waals surface area contributed by atoms with Crippen LogP contribution in [-0.4, -0.2) is 40.3 Å². The number of aromatic amines is 1. The molecular formula is C20H22N4O. The number of ether oxygens (including phenoxy) is 1. The Kier molecular flexibility index (Phi) is 4.48. The van der Waals surface area contributed by atoms with Gasteiger partial charge in [-0.1, -0.05) is 6.07 Å². The van der Waals surface area contributed by atoms with Crippen molar-refractivity contribution >= 4 is 0 Å². The van der Waals surface area contributed by atoms with E-state index >= 15 is 0 Å². The fourth-order valence-electron chi connectivity index (χ4n) is 3.44. The SMILES string of the molecule is COc1ccc(-c2cc([C@H]3CCN(Cc4cccnc4)C3)[nH]n2)cc1. The minimum Gasteiger partial charge on any atom is -0.497 e. The third-order valence-electron chi connectivity index (χ3n) is 4.82. The van der Waals surface area contributed by atoms with Gasteiger partial charge in [-0.3, -0.25) is 15.0 Å². The number of H-pyrrole nitrogens is 1. The maximum absolute atomic E-state index is 5.21. The summed E-state index contributed by atoms with van der Waals surface area (Å²) in [5.74, 6) is 1.37. The van der Waals surface area contributed by atoms with Crippen LogP contribution in [0.25, 0.3) is 11.3 Å². The smallest absolute Gasteiger partial charge is 0.118 e. The Morgan fingerprint density at radius 2 is 2.12 bits per heavy atom. The number of likely N-dealkylation sites (tertiary alicyclic amines) is 1. The first-order valence-corrected chi connectivity index (χ1v) is 8.63. The summed E-state index contributed by atoms with van der Waals surface area (Å²) >= 11 is 0. The minimum atomic E-state index is 0.510. The highest BCUT2D eigenvalue weighted by Crippen LogP contribution is 2.29. The average molecular weight is 334 g/mol. The van der Waals surface area contributed by atoms with Crippen molar-refractivity contribution in [3.63, 3.8) is 0 Å². The molecule has 0 saturated carbocycles. The highest BCUT2D eigenvalue weighted by atomic mass is 16.5. The third kappa shape index (κ3) is 3.56. The van der Waals surface area contributed by atoms with Gasteiger partial charge in [-0.15, -0.1) is 0 Å². The number of methoxy groups -OCH3 is 1. The number of pyridine rings is 1. The topological polar surface area (TPSA) is 54.0 Å². The van der Waals surface area contributed by atoms with Crippen molar-refractivity contribution in [1.29, 1.82) is 0 Å². The lowest BCUT2D eigenvalue weighted by atomic mass is 10.0. The quantitative estimate of drug-likeness (QED) is 0.776. The molecule has 1 aliphatic heterocycles. The molecule has 4 rings (SSSR count). The molecule has 3 heterocycles. The van der Waals surface area contributed by atoms with Gasteiger partial charge in [0.2, 0.25) is 0 Å². The van der Waals surface area contributed by atoms with Crippen molar-refractivity contribution in [1.82, 2.24) is 20.1 Å². The summed E-state index contributed by atoms with van der Waals surface area (Å²) in [4.78, 5) is 6.68. The van der Waals surface area contributed by atoms with Crippen molar-refractivity contribution < 1.29 is 4.74 Å². The zero-order valence-electron chi connectivity index (χ0n) is 14.4. The third-order valence-corrected chi connectivity index (χ3v) is 4.82. The zero-order chi connectivity index (χ0) is 17.1. The predicted octanol–water partition coefficient (Wildman–Crippen LogP) is 3.47. The fraction of sp³-hybridized carbons (Fsp3) is 0.300. The molecule has 25 heavy (non-hydrogen) atoms. The van der Waals surface area contributed by atoms with Crippen LogP contribution < -0.4 is 4.74 Å². The van der Waals surface area contributed by atoms with E-state index in [1.54, 1.807) is 7.11 Å². The second-order valence-electron chi connectivity index (χ2n) is 6.52. The van der Waals surface area contributed by atoms with Crippen molar-refractivity contribution in [2.75, 3.05) is 20.2 Å². The van der Waals surface area contributed by atoms with Gasteiger partial charge in [-0.25, -0.2) is 0 Å². The van der Waals surface area contributed by atoms with E-state index in [0.29, 0.717) is 5.92 Å². The highest BCUT2D eigenvalue weighted by molar-refractivity contribution is 5.60. The molecule has 0 radical (unpaired) electrons. The van der Waals surface area contributed by atoms with Crippen LogP contribution >= 0.6 is 0 Å². The lowest BCUT2D eigenvalue weighted by Crippen LogP contribution is -2.19. The van der Waals surface area contributed by atoms with Crippen LogP contribution in [0.5, 0.6) is 5.75 Å². The number of aromatic nitrogens is 3. The monoisotopic (exact) mass is 334 g/mol. The van der Waals surface area contributed by atoms with E-state index in [-0.39, 0.29) is 0 Å². The van der Waals surface area contributed by atoms with Crippen molar-refractivity contribution in [2.24, 2.45) is 0 Å². The van der Waals surface area contributed by atoms with Gasteiger partial charge in [0.25, 0.3) is 0 Å². The van der Waals surface area contributed by atoms with Gasteiger partial charge in [-0.2, -0.15) is 5.10 Å². The molecule has 0 spiro atoms. The van der Waals surface area contributed by atoms with Crippen LogP contribution in [0.4, 0.5) is 0 Å². The van der Waals surface area contributed by atoms with Crippen LogP contribution in [0, 0.1) is 0 Å². The summed E-state index contributed by atoms with van der Waals surface area (Å²) in [5.41, 5.74) is 4.59. The number of hydrogen-bond donors (Lipinski definition) is 1. The number of nitrogens with one attached hydrogen (secondary N) is 1. The van der Waals surface area contributed by atoms with Gasteiger partial charge in [0.15, 0.2) is 0 Å². The van der Waals surface area contributed by atoms with Crippen molar-refractivity contribution in [3.8, 4) is 17.0 Å². The van der Waals surface area contributed by atoms with Crippen molar-refractivity contribution in [2.45, 2.75) is 18.9 Å². The first-order chi connectivity index (χ1) is 12.3. The fourth-order valence-corrected chi connectivity index (χ4v) is 3.44. The van der Waals surface area contributed by atoms with E-state index < -0.39 is 0 Å². The minimum absolute atomic E-state index is 0.510. The van der Waals surface area contributed by atoms with E-state index in [1.165, 1.54) is 11.3 Å². The van der Waals surface area contributed by atoms with Crippen LogP contribution in [0.2, 0.25) is 0 Å².